The number of imide groups is 1. The molecule has 0 bridgehead atoms. The molecule has 0 radical (unpaired) electrons. The average molecular weight is 389 g/mol. The molecule has 3 rings (SSSR count). The van der Waals surface area contributed by atoms with Crippen molar-refractivity contribution in [2.24, 2.45) is 0 Å². The molecule has 0 aliphatic carbocycles. The molecular formula is C19H16FNO5S. The quantitative estimate of drug-likeness (QED) is 0.567. The SMILES string of the molecule is CCOC(=O)C(C)N1C(=O)SC(=Cc2ccc(-c3ccc(F)cc3)o2)C1=O. The molecule has 1 aromatic carbocycles. The van der Waals surface area contributed by atoms with Crippen molar-refractivity contribution < 1.29 is 27.9 Å². The maximum absolute atomic E-state index is 13.0. The van der Waals surface area contributed by atoms with Gasteiger partial charge < -0.3 is 9.15 Å². The number of halogens is 1. The highest BCUT2D eigenvalue weighted by atomic mass is 32.2. The summed E-state index contributed by atoms with van der Waals surface area (Å²) in [6, 6.07) is 8.11. The van der Waals surface area contributed by atoms with E-state index in [9.17, 15) is 18.8 Å². The molecule has 1 aliphatic rings. The van der Waals surface area contributed by atoms with Crippen molar-refractivity contribution in [1.29, 1.82) is 0 Å². The van der Waals surface area contributed by atoms with Crippen molar-refractivity contribution in [3.63, 3.8) is 0 Å². The topological polar surface area (TPSA) is 76.8 Å². The van der Waals surface area contributed by atoms with Crippen LogP contribution in [0.15, 0.2) is 45.7 Å². The van der Waals surface area contributed by atoms with E-state index in [1.807, 2.05) is 0 Å². The predicted molar refractivity (Wildman–Crippen MR) is 98.0 cm³/mol. The molecule has 2 aromatic rings. The van der Waals surface area contributed by atoms with Gasteiger partial charge in [0.25, 0.3) is 11.1 Å². The third kappa shape index (κ3) is 3.95. The number of thioether (sulfide) groups is 1. The van der Waals surface area contributed by atoms with Gasteiger partial charge in [-0.3, -0.25) is 14.5 Å². The van der Waals surface area contributed by atoms with Crippen molar-refractivity contribution >= 4 is 35.0 Å². The maximum atomic E-state index is 13.0. The van der Waals surface area contributed by atoms with Crippen molar-refractivity contribution in [2.75, 3.05) is 6.61 Å². The van der Waals surface area contributed by atoms with E-state index in [2.05, 4.69) is 0 Å². The Balaban J connectivity index is 1.80. The third-order valence-electron chi connectivity index (χ3n) is 3.87. The Bertz CT molecular complexity index is 918. The van der Waals surface area contributed by atoms with Crippen LogP contribution in [0.1, 0.15) is 19.6 Å². The first-order chi connectivity index (χ1) is 12.9. The highest BCUT2D eigenvalue weighted by Gasteiger charge is 2.41. The fourth-order valence-corrected chi connectivity index (χ4v) is 3.40. The van der Waals surface area contributed by atoms with Gasteiger partial charge in [0.2, 0.25) is 0 Å². The van der Waals surface area contributed by atoms with Crippen molar-refractivity contribution in [3.05, 3.63) is 52.9 Å². The first-order valence-corrected chi connectivity index (χ1v) is 9.02. The van der Waals surface area contributed by atoms with E-state index in [1.165, 1.54) is 25.1 Å². The van der Waals surface area contributed by atoms with Crippen LogP contribution in [-0.4, -0.2) is 34.7 Å². The number of hydrogen-bond acceptors (Lipinski definition) is 6. The Kier molecular flexibility index (Phi) is 5.46. The van der Waals surface area contributed by atoms with Crippen LogP contribution in [-0.2, 0) is 14.3 Å². The lowest BCUT2D eigenvalue weighted by Crippen LogP contribution is -2.42. The summed E-state index contributed by atoms with van der Waals surface area (Å²) in [7, 11) is 0. The van der Waals surface area contributed by atoms with Gasteiger partial charge in [-0.15, -0.1) is 0 Å². The standard InChI is InChI=1S/C19H16FNO5S/c1-3-25-18(23)11(2)21-17(22)16(27-19(21)24)10-14-8-9-15(26-14)12-4-6-13(20)7-5-12/h4-11H,3H2,1-2H3. The van der Waals surface area contributed by atoms with E-state index in [0.717, 1.165) is 16.7 Å². The number of furan rings is 1. The molecule has 1 unspecified atom stereocenters. The molecule has 1 aromatic heterocycles. The Hall–Kier alpha value is -2.87. The minimum atomic E-state index is -1.00. The molecule has 1 atom stereocenters. The first kappa shape index (κ1) is 18.9. The minimum Gasteiger partial charge on any atom is -0.464 e. The molecule has 6 nitrogen and oxygen atoms in total. The van der Waals surface area contributed by atoms with Crippen LogP contribution in [0.5, 0.6) is 0 Å². The molecule has 2 amide bonds. The summed E-state index contributed by atoms with van der Waals surface area (Å²) in [6.45, 7) is 3.25. The molecule has 2 heterocycles. The summed E-state index contributed by atoms with van der Waals surface area (Å²) in [5, 5.41) is -0.544. The highest BCUT2D eigenvalue weighted by Crippen LogP contribution is 2.34. The monoisotopic (exact) mass is 389 g/mol. The van der Waals surface area contributed by atoms with Gasteiger partial charge in [0.1, 0.15) is 23.4 Å². The van der Waals surface area contributed by atoms with Crippen LogP contribution < -0.4 is 0 Å². The van der Waals surface area contributed by atoms with Crippen LogP contribution in [0.3, 0.4) is 0 Å². The summed E-state index contributed by atoms with van der Waals surface area (Å²) < 4.78 is 23.5. The predicted octanol–water partition coefficient (Wildman–Crippen LogP) is 4.07. The molecule has 1 fully saturated rings. The second-order valence-corrected chi connectivity index (χ2v) is 6.68. The number of rotatable bonds is 5. The van der Waals surface area contributed by atoms with Gasteiger partial charge in [-0.05, 0) is 62.0 Å². The number of benzene rings is 1. The van der Waals surface area contributed by atoms with E-state index in [4.69, 9.17) is 9.15 Å². The fourth-order valence-electron chi connectivity index (χ4n) is 2.51. The van der Waals surface area contributed by atoms with Crippen molar-refractivity contribution in [1.82, 2.24) is 4.90 Å². The Morgan fingerprint density at radius 1 is 1.26 bits per heavy atom. The van der Waals surface area contributed by atoms with Crippen LogP contribution in [0.4, 0.5) is 9.18 Å². The van der Waals surface area contributed by atoms with Gasteiger partial charge in [-0.25, -0.2) is 9.18 Å². The van der Waals surface area contributed by atoms with Gasteiger partial charge in [0, 0.05) is 11.6 Å². The molecule has 1 aliphatic heterocycles. The zero-order valence-corrected chi connectivity index (χ0v) is 15.4. The number of hydrogen-bond donors (Lipinski definition) is 0. The number of carbonyl (C=O) groups is 3. The summed E-state index contributed by atoms with van der Waals surface area (Å²) in [5.41, 5.74) is 0.681. The molecule has 1 saturated heterocycles. The van der Waals surface area contributed by atoms with Gasteiger partial charge in [0.05, 0.1) is 11.5 Å². The summed E-state index contributed by atoms with van der Waals surface area (Å²) in [6.07, 6.45) is 1.44. The molecule has 0 saturated carbocycles. The van der Waals surface area contributed by atoms with Crippen LogP contribution in [0.2, 0.25) is 0 Å². The minimum absolute atomic E-state index is 0.149. The zero-order chi connectivity index (χ0) is 19.6. The van der Waals surface area contributed by atoms with E-state index in [0.29, 0.717) is 17.1 Å². The van der Waals surface area contributed by atoms with Gasteiger partial charge in [-0.1, -0.05) is 0 Å². The highest BCUT2D eigenvalue weighted by molar-refractivity contribution is 8.18. The lowest BCUT2D eigenvalue weighted by molar-refractivity contribution is -0.150. The van der Waals surface area contributed by atoms with Crippen LogP contribution in [0, 0.1) is 5.82 Å². The van der Waals surface area contributed by atoms with Crippen LogP contribution >= 0.6 is 11.8 Å². The lowest BCUT2D eigenvalue weighted by Gasteiger charge is -2.19. The largest absolute Gasteiger partial charge is 0.464 e. The molecule has 8 heteroatoms. The van der Waals surface area contributed by atoms with Gasteiger partial charge in [0.15, 0.2) is 0 Å². The first-order valence-electron chi connectivity index (χ1n) is 8.20. The fraction of sp³-hybridized carbons (Fsp3) is 0.211. The number of nitrogens with zero attached hydrogens (tertiary/aromatic N) is 1. The second-order valence-electron chi connectivity index (χ2n) is 5.69. The second kappa shape index (κ2) is 7.79. The van der Waals surface area contributed by atoms with Crippen molar-refractivity contribution in [3.8, 4) is 11.3 Å². The smallest absolute Gasteiger partial charge is 0.329 e. The number of amides is 2. The normalized spacial score (nSPS) is 16.9. The Morgan fingerprint density at radius 2 is 1.96 bits per heavy atom. The number of carbonyl (C=O) groups excluding carboxylic acids is 3. The molecule has 27 heavy (non-hydrogen) atoms. The third-order valence-corrected chi connectivity index (χ3v) is 4.75. The lowest BCUT2D eigenvalue weighted by atomic mass is 10.2. The Labute approximate surface area is 159 Å². The van der Waals surface area contributed by atoms with Gasteiger partial charge >= 0.3 is 5.97 Å². The summed E-state index contributed by atoms with van der Waals surface area (Å²) in [4.78, 5) is 37.5. The van der Waals surface area contributed by atoms with E-state index in [1.54, 1.807) is 31.2 Å². The molecule has 0 N–H and O–H groups in total. The average Bonchev–Trinajstić information content (AvgIpc) is 3.20. The van der Waals surface area contributed by atoms with Crippen molar-refractivity contribution in [2.45, 2.75) is 19.9 Å². The van der Waals surface area contributed by atoms with E-state index >= 15 is 0 Å². The molecule has 0 spiro atoms. The van der Waals surface area contributed by atoms with Gasteiger partial charge in [-0.2, -0.15) is 0 Å². The molecule has 140 valence electrons. The summed E-state index contributed by atoms with van der Waals surface area (Å²) >= 11 is 0.729. The maximum Gasteiger partial charge on any atom is 0.329 e. The molecular weight excluding hydrogens is 373 g/mol. The number of esters is 1. The van der Waals surface area contributed by atoms with E-state index < -0.39 is 23.2 Å². The van der Waals surface area contributed by atoms with Crippen LogP contribution in [0.25, 0.3) is 17.4 Å². The Morgan fingerprint density at radius 3 is 2.63 bits per heavy atom. The number of ether oxygens (including phenoxy) is 1. The summed E-state index contributed by atoms with van der Waals surface area (Å²) in [5.74, 6) is -0.707. The zero-order valence-electron chi connectivity index (χ0n) is 14.6. The van der Waals surface area contributed by atoms with E-state index in [-0.39, 0.29) is 17.3 Å².